The minimum Gasteiger partial charge on any atom is -0.208 e. The molecule has 1 aliphatic carbocycles. The Morgan fingerprint density at radius 1 is 0.385 bits per heavy atom. The van der Waals surface area contributed by atoms with Crippen LogP contribution in [-0.4, -0.2) is 15.0 Å². The summed E-state index contributed by atoms with van der Waals surface area (Å²) in [6.45, 7) is 4.71. The van der Waals surface area contributed by atoms with Crippen molar-refractivity contribution in [3.05, 3.63) is 175 Å². The van der Waals surface area contributed by atoms with Gasteiger partial charge in [-0.25, -0.2) is 15.0 Å². The summed E-state index contributed by atoms with van der Waals surface area (Å²) in [5, 5.41) is 2.61. The van der Waals surface area contributed by atoms with Crippen molar-refractivity contribution in [2.45, 2.75) is 19.3 Å². The monoisotopic (exact) mass is 683 g/mol. The van der Waals surface area contributed by atoms with Crippen LogP contribution in [0.2, 0.25) is 0 Å². The topological polar surface area (TPSA) is 38.7 Å². The van der Waals surface area contributed by atoms with Crippen molar-refractivity contribution >= 4 is 31.5 Å². The summed E-state index contributed by atoms with van der Waals surface area (Å²) >= 11 is 1.86. The molecule has 246 valence electrons. The minimum atomic E-state index is -0.0779. The van der Waals surface area contributed by atoms with Gasteiger partial charge in [-0.3, -0.25) is 0 Å². The zero-order chi connectivity index (χ0) is 34.8. The fraction of sp³-hybridized carbons (Fsp3) is 0.0625. The lowest BCUT2D eigenvalue weighted by Gasteiger charge is -2.22. The highest BCUT2D eigenvalue weighted by atomic mass is 32.1. The predicted octanol–water partition coefficient (Wildman–Crippen LogP) is 12.9. The Morgan fingerprint density at radius 3 is 1.73 bits per heavy atom. The van der Waals surface area contributed by atoms with Crippen LogP contribution in [0.1, 0.15) is 25.0 Å². The summed E-state index contributed by atoms with van der Waals surface area (Å²) in [7, 11) is 0. The van der Waals surface area contributed by atoms with Gasteiger partial charge in [0.1, 0.15) is 0 Å². The Labute approximate surface area is 307 Å². The molecule has 0 aliphatic heterocycles. The van der Waals surface area contributed by atoms with Crippen LogP contribution in [0.4, 0.5) is 0 Å². The standard InChI is InChI=1S/C48H33N3S/c1-48(2)40-22-11-9-20-36(40)37-25-24-33(28-41(37)48)39-27-35(29-43-44(39)38-21-10-12-23-42(38)52-43)32-18-13-19-34(26-32)47-50-45(30-14-5-3-6-15-30)49-46(51-47)31-16-7-4-8-17-31/h3-29H,1-2H3. The van der Waals surface area contributed by atoms with E-state index in [0.717, 1.165) is 22.3 Å². The Hall–Kier alpha value is -6.23. The highest BCUT2D eigenvalue weighted by Gasteiger charge is 2.35. The van der Waals surface area contributed by atoms with E-state index in [9.17, 15) is 0 Å². The van der Waals surface area contributed by atoms with Crippen LogP contribution in [0.15, 0.2) is 164 Å². The molecule has 7 aromatic carbocycles. The number of aromatic nitrogens is 3. The third kappa shape index (κ3) is 4.98. The quantitative estimate of drug-likeness (QED) is 0.181. The van der Waals surface area contributed by atoms with Gasteiger partial charge in [-0.05, 0) is 74.8 Å². The summed E-state index contributed by atoms with van der Waals surface area (Å²) in [6.07, 6.45) is 0. The van der Waals surface area contributed by atoms with Gasteiger partial charge in [0.15, 0.2) is 17.5 Å². The van der Waals surface area contributed by atoms with Crippen molar-refractivity contribution in [3.8, 4) is 67.5 Å². The van der Waals surface area contributed by atoms with E-state index in [-0.39, 0.29) is 5.41 Å². The molecule has 0 N–H and O–H groups in total. The maximum Gasteiger partial charge on any atom is 0.164 e. The minimum absolute atomic E-state index is 0.0779. The van der Waals surface area contributed by atoms with Crippen LogP contribution in [0.3, 0.4) is 0 Å². The van der Waals surface area contributed by atoms with Crippen LogP contribution in [-0.2, 0) is 5.41 Å². The molecule has 0 atom stereocenters. The molecule has 2 heterocycles. The van der Waals surface area contributed by atoms with Gasteiger partial charge in [0.2, 0.25) is 0 Å². The Balaban J connectivity index is 1.15. The summed E-state index contributed by atoms with van der Waals surface area (Å²) in [5.41, 5.74) is 13.0. The molecule has 52 heavy (non-hydrogen) atoms. The Morgan fingerprint density at radius 2 is 0.981 bits per heavy atom. The van der Waals surface area contributed by atoms with E-state index in [1.165, 1.54) is 59.1 Å². The molecular formula is C48H33N3S. The maximum absolute atomic E-state index is 5.02. The molecule has 0 spiro atoms. The second-order valence-electron chi connectivity index (χ2n) is 14.0. The lowest BCUT2D eigenvalue weighted by Crippen LogP contribution is -2.14. The molecule has 10 rings (SSSR count). The first-order chi connectivity index (χ1) is 25.5. The Kier molecular flexibility index (Phi) is 7.02. The van der Waals surface area contributed by atoms with Crippen molar-refractivity contribution in [1.82, 2.24) is 15.0 Å². The fourth-order valence-corrected chi connectivity index (χ4v) is 9.07. The van der Waals surface area contributed by atoms with Crippen molar-refractivity contribution in [2.75, 3.05) is 0 Å². The van der Waals surface area contributed by atoms with Crippen LogP contribution in [0, 0.1) is 0 Å². The van der Waals surface area contributed by atoms with Crippen LogP contribution < -0.4 is 0 Å². The van der Waals surface area contributed by atoms with E-state index >= 15 is 0 Å². The van der Waals surface area contributed by atoms with Crippen LogP contribution >= 0.6 is 11.3 Å². The molecule has 9 aromatic rings. The summed E-state index contributed by atoms with van der Waals surface area (Å²) in [6, 6.07) is 58.4. The molecule has 1 aliphatic rings. The molecule has 2 aromatic heterocycles. The predicted molar refractivity (Wildman–Crippen MR) is 217 cm³/mol. The lowest BCUT2D eigenvalue weighted by atomic mass is 9.81. The van der Waals surface area contributed by atoms with E-state index in [2.05, 4.69) is 117 Å². The Bertz CT molecular complexity index is 2760. The summed E-state index contributed by atoms with van der Waals surface area (Å²) < 4.78 is 2.57. The van der Waals surface area contributed by atoms with Gasteiger partial charge >= 0.3 is 0 Å². The van der Waals surface area contributed by atoms with E-state index in [1.54, 1.807) is 0 Å². The van der Waals surface area contributed by atoms with Crippen molar-refractivity contribution in [3.63, 3.8) is 0 Å². The number of fused-ring (bicyclic) bond motifs is 6. The van der Waals surface area contributed by atoms with E-state index in [1.807, 2.05) is 72.0 Å². The summed E-state index contributed by atoms with van der Waals surface area (Å²) in [5.74, 6) is 1.97. The number of thiophene rings is 1. The largest absolute Gasteiger partial charge is 0.208 e. The first-order valence-electron chi connectivity index (χ1n) is 17.7. The van der Waals surface area contributed by atoms with Gasteiger partial charge in [0.05, 0.1) is 0 Å². The second kappa shape index (κ2) is 11.9. The average Bonchev–Trinajstić information content (AvgIpc) is 3.70. The van der Waals surface area contributed by atoms with Crippen LogP contribution in [0.5, 0.6) is 0 Å². The van der Waals surface area contributed by atoms with Gasteiger partial charge in [0.25, 0.3) is 0 Å². The summed E-state index contributed by atoms with van der Waals surface area (Å²) in [4.78, 5) is 15.0. The normalized spacial score (nSPS) is 13.0. The van der Waals surface area contributed by atoms with E-state index < -0.39 is 0 Å². The number of rotatable bonds is 5. The molecule has 0 bridgehead atoms. The maximum atomic E-state index is 5.02. The van der Waals surface area contributed by atoms with Gasteiger partial charge < -0.3 is 0 Å². The molecule has 0 radical (unpaired) electrons. The van der Waals surface area contributed by atoms with Gasteiger partial charge in [-0.1, -0.05) is 147 Å². The molecule has 0 saturated carbocycles. The lowest BCUT2D eigenvalue weighted by molar-refractivity contribution is 0.660. The second-order valence-corrected chi connectivity index (χ2v) is 15.1. The zero-order valence-corrected chi connectivity index (χ0v) is 29.7. The number of benzene rings is 7. The molecule has 0 unspecified atom stereocenters. The molecular weight excluding hydrogens is 651 g/mol. The number of hydrogen-bond donors (Lipinski definition) is 0. The van der Waals surface area contributed by atoms with E-state index in [4.69, 9.17) is 15.0 Å². The SMILES string of the molecule is CC1(C)c2ccccc2-c2ccc(-c3cc(-c4cccc(-c5nc(-c6ccccc6)nc(-c6ccccc6)n5)c4)cc4sc5ccccc5c34)cc21. The smallest absolute Gasteiger partial charge is 0.164 e. The molecule has 0 amide bonds. The third-order valence-electron chi connectivity index (χ3n) is 10.5. The highest BCUT2D eigenvalue weighted by molar-refractivity contribution is 7.26. The fourth-order valence-electron chi connectivity index (χ4n) is 7.90. The van der Waals surface area contributed by atoms with Crippen molar-refractivity contribution in [2.24, 2.45) is 0 Å². The molecule has 0 saturated heterocycles. The van der Waals surface area contributed by atoms with Crippen molar-refractivity contribution < 1.29 is 0 Å². The van der Waals surface area contributed by atoms with Gasteiger partial charge in [0, 0.05) is 42.3 Å². The highest BCUT2D eigenvalue weighted by Crippen LogP contribution is 2.51. The first-order valence-corrected chi connectivity index (χ1v) is 18.5. The van der Waals surface area contributed by atoms with E-state index in [0.29, 0.717) is 17.5 Å². The van der Waals surface area contributed by atoms with Crippen molar-refractivity contribution in [1.29, 1.82) is 0 Å². The molecule has 3 nitrogen and oxygen atoms in total. The van der Waals surface area contributed by atoms with Crippen LogP contribution in [0.25, 0.3) is 87.7 Å². The van der Waals surface area contributed by atoms with Gasteiger partial charge in [-0.2, -0.15) is 0 Å². The number of hydrogen-bond acceptors (Lipinski definition) is 4. The number of nitrogens with zero attached hydrogens (tertiary/aromatic N) is 3. The molecule has 4 heteroatoms. The third-order valence-corrected chi connectivity index (χ3v) is 11.6. The molecule has 0 fully saturated rings. The van der Waals surface area contributed by atoms with Gasteiger partial charge in [-0.15, -0.1) is 11.3 Å². The first kappa shape index (κ1) is 30.6. The average molecular weight is 684 g/mol. The zero-order valence-electron chi connectivity index (χ0n) is 28.8.